The summed E-state index contributed by atoms with van der Waals surface area (Å²) in [5, 5.41) is 3.46. The van der Waals surface area contributed by atoms with E-state index in [-0.39, 0.29) is 10.9 Å². The molecule has 0 spiro atoms. The number of anilines is 1. The zero-order chi connectivity index (χ0) is 15.4. The summed E-state index contributed by atoms with van der Waals surface area (Å²) < 4.78 is 0. The molecule has 1 aliphatic heterocycles. The number of likely N-dealkylation sites (N-methyl/N-ethyl adjacent to an activating group) is 1. The molecule has 7 heteroatoms. The van der Waals surface area contributed by atoms with Gasteiger partial charge in [-0.05, 0) is 19.2 Å². The normalized spacial score (nSPS) is 16.9. The lowest BCUT2D eigenvalue weighted by atomic mass is 10.2. The first-order chi connectivity index (χ1) is 9.97. The molecule has 0 saturated carbocycles. The second kappa shape index (κ2) is 7.31. The molecule has 0 unspecified atom stereocenters. The van der Waals surface area contributed by atoms with Gasteiger partial charge in [0.05, 0.1) is 15.7 Å². The lowest BCUT2D eigenvalue weighted by Crippen LogP contribution is -2.46. The van der Waals surface area contributed by atoms with Gasteiger partial charge in [-0.25, -0.2) is 0 Å². The molecule has 0 atom stereocenters. The lowest BCUT2D eigenvalue weighted by molar-refractivity contribution is 0.0941. The Labute approximate surface area is 135 Å². The molecule has 0 radical (unpaired) electrons. The molecule has 3 N–H and O–H groups in total. The number of nitrogen functional groups attached to an aromatic ring is 1. The van der Waals surface area contributed by atoms with E-state index in [9.17, 15) is 4.79 Å². The van der Waals surface area contributed by atoms with Gasteiger partial charge in [-0.3, -0.25) is 9.69 Å². The number of carbonyl (C=O) groups is 1. The van der Waals surface area contributed by atoms with Crippen LogP contribution in [0.5, 0.6) is 0 Å². The van der Waals surface area contributed by atoms with Crippen molar-refractivity contribution in [3.8, 4) is 0 Å². The number of carbonyl (C=O) groups excluding carboxylic acids is 1. The van der Waals surface area contributed by atoms with E-state index < -0.39 is 0 Å². The Balaban J connectivity index is 1.82. The number of benzene rings is 1. The zero-order valence-electron chi connectivity index (χ0n) is 12.0. The highest BCUT2D eigenvalue weighted by Gasteiger charge is 2.14. The molecule has 1 amide bonds. The van der Waals surface area contributed by atoms with Crippen molar-refractivity contribution >= 4 is 34.8 Å². The highest BCUT2D eigenvalue weighted by atomic mass is 35.5. The van der Waals surface area contributed by atoms with Gasteiger partial charge < -0.3 is 16.0 Å². The van der Waals surface area contributed by atoms with Crippen molar-refractivity contribution < 1.29 is 4.79 Å². The Bertz CT molecular complexity index is 493. The molecule has 1 heterocycles. The Hall–Kier alpha value is -1.01. The van der Waals surface area contributed by atoms with Crippen molar-refractivity contribution in [2.24, 2.45) is 0 Å². The molecule has 1 fully saturated rings. The van der Waals surface area contributed by atoms with Crippen molar-refractivity contribution in [1.29, 1.82) is 0 Å². The van der Waals surface area contributed by atoms with Crippen molar-refractivity contribution in [3.05, 3.63) is 27.7 Å². The number of amides is 1. The number of rotatable bonds is 4. The van der Waals surface area contributed by atoms with Gasteiger partial charge in [-0.15, -0.1) is 0 Å². The standard InChI is InChI=1S/C14H20Cl2N4O/c1-19-4-6-20(7-5-19)3-2-18-14(21)10-8-11(15)13(16)12(17)9-10/h8-9H,2-7,17H2,1H3,(H,18,21). The maximum absolute atomic E-state index is 12.1. The SMILES string of the molecule is CN1CCN(CCNC(=O)c2cc(N)c(Cl)c(Cl)c2)CC1. The van der Waals surface area contributed by atoms with Crippen LogP contribution in [0, 0.1) is 0 Å². The van der Waals surface area contributed by atoms with E-state index in [1.54, 1.807) is 6.07 Å². The van der Waals surface area contributed by atoms with E-state index in [1.807, 2.05) is 0 Å². The van der Waals surface area contributed by atoms with Gasteiger partial charge in [0.2, 0.25) is 0 Å². The van der Waals surface area contributed by atoms with Crippen molar-refractivity contribution in [2.75, 3.05) is 52.0 Å². The van der Waals surface area contributed by atoms with Crippen LogP contribution < -0.4 is 11.1 Å². The van der Waals surface area contributed by atoms with Gasteiger partial charge in [0.1, 0.15) is 0 Å². The van der Waals surface area contributed by atoms with E-state index in [2.05, 4.69) is 22.2 Å². The molecule has 0 aliphatic carbocycles. The first-order valence-electron chi connectivity index (χ1n) is 6.91. The number of halogens is 2. The summed E-state index contributed by atoms with van der Waals surface area (Å²) in [6, 6.07) is 3.07. The summed E-state index contributed by atoms with van der Waals surface area (Å²) in [4.78, 5) is 16.7. The van der Waals surface area contributed by atoms with Gasteiger partial charge in [0, 0.05) is 44.8 Å². The number of hydrogen-bond acceptors (Lipinski definition) is 4. The fraction of sp³-hybridized carbons (Fsp3) is 0.500. The monoisotopic (exact) mass is 330 g/mol. The van der Waals surface area contributed by atoms with Crippen molar-refractivity contribution in [2.45, 2.75) is 0 Å². The molecule has 21 heavy (non-hydrogen) atoms. The smallest absolute Gasteiger partial charge is 0.251 e. The van der Waals surface area contributed by atoms with Crippen LogP contribution in [0.1, 0.15) is 10.4 Å². The fourth-order valence-electron chi connectivity index (χ4n) is 2.24. The van der Waals surface area contributed by atoms with E-state index in [1.165, 1.54) is 6.07 Å². The highest BCUT2D eigenvalue weighted by Crippen LogP contribution is 2.29. The molecule has 116 valence electrons. The largest absolute Gasteiger partial charge is 0.397 e. The zero-order valence-corrected chi connectivity index (χ0v) is 13.5. The maximum Gasteiger partial charge on any atom is 0.251 e. The molecule has 0 bridgehead atoms. The maximum atomic E-state index is 12.1. The van der Waals surface area contributed by atoms with Crippen LogP contribution in [0.2, 0.25) is 10.0 Å². The highest BCUT2D eigenvalue weighted by molar-refractivity contribution is 6.43. The number of nitrogens with two attached hydrogens (primary N) is 1. The minimum atomic E-state index is -0.186. The van der Waals surface area contributed by atoms with Gasteiger partial charge in [0.25, 0.3) is 5.91 Å². The summed E-state index contributed by atoms with van der Waals surface area (Å²) in [6.07, 6.45) is 0. The molecule has 1 saturated heterocycles. The Morgan fingerprint density at radius 2 is 1.95 bits per heavy atom. The molecule has 1 aromatic carbocycles. The second-order valence-corrected chi connectivity index (χ2v) is 6.05. The number of nitrogens with zero attached hydrogens (tertiary/aromatic N) is 2. The van der Waals surface area contributed by atoms with Gasteiger partial charge in [0.15, 0.2) is 0 Å². The minimum Gasteiger partial charge on any atom is -0.397 e. The van der Waals surface area contributed by atoms with Crippen LogP contribution in [-0.4, -0.2) is 62.0 Å². The third kappa shape index (κ3) is 4.48. The number of hydrogen-bond donors (Lipinski definition) is 2. The van der Waals surface area contributed by atoms with E-state index >= 15 is 0 Å². The predicted molar refractivity (Wildman–Crippen MR) is 87.1 cm³/mol. The van der Waals surface area contributed by atoms with Crippen LogP contribution in [0.3, 0.4) is 0 Å². The Morgan fingerprint density at radius 3 is 2.57 bits per heavy atom. The summed E-state index contributed by atoms with van der Waals surface area (Å²) in [5.41, 5.74) is 6.45. The van der Waals surface area contributed by atoms with Gasteiger partial charge in [-0.2, -0.15) is 0 Å². The Morgan fingerprint density at radius 1 is 1.29 bits per heavy atom. The number of piperazine rings is 1. The molecule has 0 aromatic heterocycles. The van der Waals surface area contributed by atoms with Crippen molar-refractivity contribution in [1.82, 2.24) is 15.1 Å². The second-order valence-electron chi connectivity index (χ2n) is 5.26. The summed E-state index contributed by atoms with van der Waals surface area (Å²) in [5.74, 6) is -0.186. The lowest BCUT2D eigenvalue weighted by Gasteiger charge is -2.32. The van der Waals surface area contributed by atoms with Crippen LogP contribution in [-0.2, 0) is 0 Å². The first kappa shape index (κ1) is 16.4. The number of nitrogens with one attached hydrogen (secondary N) is 1. The van der Waals surface area contributed by atoms with Crippen LogP contribution in [0.15, 0.2) is 12.1 Å². The average Bonchev–Trinajstić information content (AvgIpc) is 2.46. The van der Waals surface area contributed by atoms with E-state index in [0.717, 1.165) is 32.7 Å². The summed E-state index contributed by atoms with van der Waals surface area (Å²) >= 11 is 11.8. The summed E-state index contributed by atoms with van der Waals surface area (Å²) in [6.45, 7) is 5.64. The van der Waals surface area contributed by atoms with Crippen LogP contribution in [0.25, 0.3) is 0 Å². The molecular weight excluding hydrogens is 311 g/mol. The van der Waals surface area contributed by atoms with Crippen LogP contribution >= 0.6 is 23.2 Å². The predicted octanol–water partition coefficient (Wildman–Crippen LogP) is 1.55. The van der Waals surface area contributed by atoms with E-state index in [4.69, 9.17) is 28.9 Å². The Kier molecular flexibility index (Phi) is 5.70. The fourth-order valence-corrected chi connectivity index (χ4v) is 2.58. The molecule has 1 aromatic rings. The van der Waals surface area contributed by atoms with Crippen LogP contribution in [0.4, 0.5) is 5.69 Å². The van der Waals surface area contributed by atoms with Gasteiger partial charge >= 0.3 is 0 Å². The molecule has 5 nitrogen and oxygen atoms in total. The third-order valence-electron chi connectivity index (χ3n) is 3.63. The summed E-state index contributed by atoms with van der Waals surface area (Å²) in [7, 11) is 2.12. The third-order valence-corrected chi connectivity index (χ3v) is 4.44. The van der Waals surface area contributed by atoms with Gasteiger partial charge in [-0.1, -0.05) is 23.2 Å². The first-order valence-corrected chi connectivity index (χ1v) is 7.66. The molecule has 1 aliphatic rings. The average molecular weight is 331 g/mol. The quantitative estimate of drug-likeness (QED) is 0.822. The van der Waals surface area contributed by atoms with E-state index in [0.29, 0.717) is 22.8 Å². The molecule has 2 rings (SSSR count). The minimum absolute atomic E-state index is 0.186. The van der Waals surface area contributed by atoms with Crippen molar-refractivity contribution in [3.63, 3.8) is 0 Å². The molecular formula is C14H20Cl2N4O. The topological polar surface area (TPSA) is 61.6 Å².